The van der Waals surface area contributed by atoms with E-state index in [4.69, 9.17) is 26.4 Å². The van der Waals surface area contributed by atoms with Gasteiger partial charge >= 0.3 is 0 Å². The summed E-state index contributed by atoms with van der Waals surface area (Å²) >= 11 is 8.51. The SMILES string of the molecule is COc1cc(C(=O)NNC(=S)Nc2ccc(Br)cc2)cc(OC)c1OC. The third-order valence-corrected chi connectivity index (χ3v) is 4.05. The van der Waals surface area contributed by atoms with Crippen LogP contribution in [0.1, 0.15) is 10.4 Å². The Bertz CT molecular complexity index is 774. The van der Waals surface area contributed by atoms with Gasteiger partial charge in [-0.15, -0.1) is 0 Å². The maximum atomic E-state index is 12.4. The van der Waals surface area contributed by atoms with Crippen molar-refractivity contribution in [2.75, 3.05) is 26.6 Å². The van der Waals surface area contributed by atoms with Crippen molar-refractivity contribution >= 4 is 44.9 Å². The van der Waals surface area contributed by atoms with Crippen LogP contribution in [0.15, 0.2) is 40.9 Å². The Hall–Kier alpha value is -2.52. The summed E-state index contributed by atoms with van der Waals surface area (Å²) in [5, 5.41) is 3.20. The average molecular weight is 440 g/mol. The number of nitrogens with one attached hydrogen (secondary N) is 3. The second kappa shape index (κ2) is 9.25. The fraction of sp³-hybridized carbons (Fsp3) is 0.176. The van der Waals surface area contributed by atoms with Gasteiger partial charge in [-0.3, -0.25) is 15.6 Å². The van der Waals surface area contributed by atoms with Crippen molar-refractivity contribution < 1.29 is 19.0 Å². The number of carbonyl (C=O) groups excluding carboxylic acids is 1. The number of hydrogen-bond donors (Lipinski definition) is 3. The molecule has 0 bridgehead atoms. The Morgan fingerprint density at radius 1 is 0.962 bits per heavy atom. The summed E-state index contributed by atoms with van der Waals surface area (Å²) in [5.41, 5.74) is 6.26. The normalized spacial score (nSPS) is 9.85. The molecule has 0 fully saturated rings. The lowest BCUT2D eigenvalue weighted by Crippen LogP contribution is -2.43. The van der Waals surface area contributed by atoms with Crippen molar-refractivity contribution in [3.63, 3.8) is 0 Å². The van der Waals surface area contributed by atoms with E-state index in [1.165, 1.54) is 21.3 Å². The quantitative estimate of drug-likeness (QED) is 0.487. The van der Waals surface area contributed by atoms with Crippen LogP contribution in [0.3, 0.4) is 0 Å². The summed E-state index contributed by atoms with van der Waals surface area (Å²) in [7, 11) is 4.46. The average Bonchev–Trinajstić information content (AvgIpc) is 2.66. The second-order valence-electron chi connectivity index (χ2n) is 4.95. The largest absolute Gasteiger partial charge is 0.493 e. The van der Waals surface area contributed by atoms with Gasteiger partial charge in [-0.2, -0.15) is 0 Å². The predicted molar refractivity (Wildman–Crippen MR) is 107 cm³/mol. The molecule has 0 atom stereocenters. The van der Waals surface area contributed by atoms with Gasteiger partial charge < -0.3 is 19.5 Å². The first-order valence-corrected chi connectivity index (χ1v) is 8.61. The smallest absolute Gasteiger partial charge is 0.269 e. The van der Waals surface area contributed by atoms with Gasteiger partial charge in [-0.1, -0.05) is 15.9 Å². The number of amides is 1. The number of hydrazine groups is 1. The molecule has 0 spiro atoms. The van der Waals surface area contributed by atoms with Crippen molar-refractivity contribution in [2.45, 2.75) is 0 Å². The van der Waals surface area contributed by atoms with E-state index in [0.29, 0.717) is 22.8 Å². The summed E-state index contributed by atoms with van der Waals surface area (Å²) in [4.78, 5) is 12.4. The van der Waals surface area contributed by atoms with E-state index in [1.54, 1.807) is 12.1 Å². The predicted octanol–water partition coefficient (Wildman–Crippen LogP) is 3.11. The summed E-state index contributed by atoms with van der Waals surface area (Å²) in [6.45, 7) is 0. The number of carbonyl (C=O) groups is 1. The third kappa shape index (κ3) is 4.99. The number of ether oxygens (including phenoxy) is 3. The second-order valence-corrected chi connectivity index (χ2v) is 6.28. The van der Waals surface area contributed by atoms with Gasteiger partial charge in [-0.05, 0) is 48.6 Å². The molecule has 2 aromatic carbocycles. The molecule has 0 heterocycles. The summed E-state index contributed by atoms with van der Waals surface area (Å²) in [6, 6.07) is 10.5. The first-order valence-electron chi connectivity index (χ1n) is 7.41. The van der Waals surface area contributed by atoms with Crippen molar-refractivity contribution in [3.05, 3.63) is 46.4 Å². The molecule has 7 nitrogen and oxygen atoms in total. The van der Waals surface area contributed by atoms with Gasteiger partial charge in [0.15, 0.2) is 16.6 Å². The van der Waals surface area contributed by atoms with Crippen LogP contribution in [0, 0.1) is 0 Å². The monoisotopic (exact) mass is 439 g/mol. The van der Waals surface area contributed by atoms with Crippen molar-refractivity contribution in [3.8, 4) is 17.2 Å². The highest BCUT2D eigenvalue weighted by molar-refractivity contribution is 9.10. The van der Waals surface area contributed by atoms with E-state index in [9.17, 15) is 4.79 Å². The number of benzene rings is 2. The minimum Gasteiger partial charge on any atom is -0.493 e. The Morgan fingerprint density at radius 3 is 2.04 bits per heavy atom. The van der Waals surface area contributed by atoms with Crippen LogP contribution in [-0.2, 0) is 0 Å². The van der Waals surface area contributed by atoms with Crippen molar-refractivity contribution in [2.24, 2.45) is 0 Å². The maximum Gasteiger partial charge on any atom is 0.269 e. The lowest BCUT2D eigenvalue weighted by molar-refractivity contribution is 0.0943. The van der Waals surface area contributed by atoms with Crippen LogP contribution in [-0.4, -0.2) is 32.3 Å². The zero-order valence-electron chi connectivity index (χ0n) is 14.4. The highest BCUT2D eigenvalue weighted by atomic mass is 79.9. The van der Waals surface area contributed by atoms with Crippen LogP contribution >= 0.6 is 28.1 Å². The Morgan fingerprint density at radius 2 is 1.54 bits per heavy atom. The van der Waals surface area contributed by atoms with E-state index >= 15 is 0 Å². The first kappa shape index (κ1) is 19.8. The summed E-state index contributed by atoms with van der Waals surface area (Å²) in [5.74, 6) is 0.760. The molecular formula is C17H18BrN3O4S. The van der Waals surface area contributed by atoms with Crippen LogP contribution < -0.4 is 30.4 Å². The van der Waals surface area contributed by atoms with Gasteiger partial charge in [0, 0.05) is 15.7 Å². The van der Waals surface area contributed by atoms with Gasteiger partial charge in [0.2, 0.25) is 5.75 Å². The molecule has 2 rings (SSSR count). The molecule has 0 aliphatic carbocycles. The van der Waals surface area contributed by atoms with Gasteiger partial charge in [0.05, 0.1) is 21.3 Å². The highest BCUT2D eigenvalue weighted by Gasteiger charge is 2.17. The van der Waals surface area contributed by atoms with E-state index in [-0.39, 0.29) is 5.11 Å². The highest BCUT2D eigenvalue weighted by Crippen LogP contribution is 2.38. The van der Waals surface area contributed by atoms with Crippen LogP contribution in [0.2, 0.25) is 0 Å². The van der Waals surface area contributed by atoms with E-state index in [0.717, 1.165) is 10.2 Å². The minimum absolute atomic E-state index is 0.244. The first-order chi connectivity index (χ1) is 12.5. The topological polar surface area (TPSA) is 80.9 Å². The molecular weight excluding hydrogens is 422 g/mol. The van der Waals surface area contributed by atoms with E-state index in [2.05, 4.69) is 32.1 Å². The molecule has 26 heavy (non-hydrogen) atoms. The molecule has 0 aliphatic rings. The molecule has 138 valence electrons. The zero-order chi connectivity index (χ0) is 19.1. The molecule has 0 radical (unpaired) electrons. The van der Waals surface area contributed by atoms with Gasteiger partial charge in [0.25, 0.3) is 5.91 Å². The molecule has 0 unspecified atom stereocenters. The fourth-order valence-electron chi connectivity index (χ4n) is 2.09. The van der Waals surface area contributed by atoms with Gasteiger partial charge in [0.1, 0.15) is 0 Å². The zero-order valence-corrected chi connectivity index (χ0v) is 16.8. The molecule has 0 saturated carbocycles. The molecule has 3 N–H and O–H groups in total. The lowest BCUT2D eigenvalue weighted by atomic mass is 10.1. The standard InChI is InChI=1S/C17H18BrN3O4S/c1-23-13-8-10(9-14(24-2)15(13)25-3)16(22)20-21-17(26)19-12-6-4-11(18)5-7-12/h4-9H,1-3H3,(H,20,22)(H2,19,21,26). The summed E-state index contributed by atoms with van der Waals surface area (Å²) < 4.78 is 16.7. The number of anilines is 1. The number of rotatable bonds is 5. The van der Waals surface area contributed by atoms with Crippen LogP contribution in [0.4, 0.5) is 5.69 Å². The van der Waals surface area contributed by atoms with Crippen LogP contribution in [0.25, 0.3) is 0 Å². The lowest BCUT2D eigenvalue weighted by Gasteiger charge is -2.15. The Labute approximate surface area is 165 Å². The Kier molecular flexibility index (Phi) is 7.05. The number of thiocarbonyl (C=S) groups is 1. The number of hydrogen-bond acceptors (Lipinski definition) is 5. The number of halogens is 1. The Balaban J connectivity index is 2.03. The fourth-order valence-corrected chi connectivity index (χ4v) is 2.53. The molecule has 0 aromatic heterocycles. The molecule has 0 aliphatic heterocycles. The van der Waals surface area contributed by atoms with E-state index < -0.39 is 5.91 Å². The van der Waals surface area contributed by atoms with Crippen molar-refractivity contribution in [1.29, 1.82) is 0 Å². The van der Waals surface area contributed by atoms with Crippen LogP contribution in [0.5, 0.6) is 17.2 Å². The van der Waals surface area contributed by atoms with E-state index in [1.807, 2.05) is 24.3 Å². The minimum atomic E-state index is -0.413. The molecule has 9 heteroatoms. The number of methoxy groups -OCH3 is 3. The summed E-state index contributed by atoms with van der Waals surface area (Å²) in [6.07, 6.45) is 0. The third-order valence-electron chi connectivity index (χ3n) is 3.32. The maximum absolute atomic E-state index is 12.4. The molecule has 2 aromatic rings. The van der Waals surface area contributed by atoms with Gasteiger partial charge in [-0.25, -0.2) is 0 Å². The van der Waals surface area contributed by atoms with Crippen molar-refractivity contribution in [1.82, 2.24) is 10.9 Å². The molecule has 0 saturated heterocycles. The molecule has 1 amide bonds.